The molecule has 0 N–H and O–H groups in total. The number of anilines is 1. The number of aryl methyl sites for hydroxylation is 1. The van der Waals surface area contributed by atoms with Crippen molar-refractivity contribution in [3.8, 4) is 0 Å². The van der Waals surface area contributed by atoms with Crippen molar-refractivity contribution in [3.63, 3.8) is 0 Å². The zero-order valence-electron chi connectivity index (χ0n) is 15.7. The van der Waals surface area contributed by atoms with Crippen LogP contribution >= 0.6 is 0 Å². The highest BCUT2D eigenvalue weighted by molar-refractivity contribution is 5.40. The summed E-state index contributed by atoms with van der Waals surface area (Å²) >= 11 is 0. The maximum atomic E-state index is 5.01. The zero-order valence-corrected chi connectivity index (χ0v) is 15.7. The van der Waals surface area contributed by atoms with E-state index in [0.717, 1.165) is 31.9 Å². The first-order chi connectivity index (χ1) is 12.2. The number of unbranched alkanes of at least 4 members (excludes halogenated alkanes) is 2. The molecule has 0 spiro atoms. The van der Waals surface area contributed by atoms with Crippen LogP contribution in [0.25, 0.3) is 0 Å². The molecule has 0 fully saturated rings. The Morgan fingerprint density at radius 1 is 1.08 bits per heavy atom. The molecule has 3 nitrogen and oxygen atoms in total. The summed E-state index contributed by atoms with van der Waals surface area (Å²) in [6, 6.07) is 10.6. The molecule has 0 atom stereocenters. The average molecular weight is 338 g/mol. The molecular weight excluding hydrogens is 306 g/mol. The van der Waals surface area contributed by atoms with Crippen LogP contribution in [0.1, 0.15) is 43.1 Å². The molecule has 0 aliphatic heterocycles. The quantitative estimate of drug-likeness (QED) is 0.428. The smallest absolute Gasteiger partial charge is 0.206 e. The van der Waals surface area contributed by atoms with Crippen molar-refractivity contribution in [1.29, 1.82) is 0 Å². The average Bonchev–Trinajstić information content (AvgIpc) is 2.92. The molecule has 2 rings (SSSR count). The van der Waals surface area contributed by atoms with Gasteiger partial charge >= 0.3 is 0 Å². The van der Waals surface area contributed by atoms with Gasteiger partial charge in [-0.3, -0.25) is 0 Å². The highest BCUT2D eigenvalue weighted by atomic mass is 15.3. The van der Waals surface area contributed by atoms with E-state index in [1.807, 2.05) is 12.2 Å². The van der Waals surface area contributed by atoms with Gasteiger partial charge in [0.05, 0.1) is 5.69 Å². The van der Waals surface area contributed by atoms with Gasteiger partial charge in [-0.25, -0.2) is 4.98 Å². The van der Waals surface area contributed by atoms with Crippen LogP contribution in [-0.2, 0) is 19.9 Å². The molecule has 2 aromatic rings. The van der Waals surface area contributed by atoms with Crippen LogP contribution in [0.15, 0.2) is 55.6 Å². The van der Waals surface area contributed by atoms with E-state index in [4.69, 9.17) is 4.98 Å². The third-order valence-corrected chi connectivity index (χ3v) is 4.49. The van der Waals surface area contributed by atoms with E-state index in [2.05, 4.69) is 66.9 Å². The Morgan fingerprint density at radius 2 is 1.76 bits per heavy atom. The molecular formula is C22H31N3. The predicted octanol–water partition coefficient (Wildman–Crippen LogP) is 4.92. The van der Waals surface area contributed by atoms with Gasteiger partial charge < -0.3 is 9.47 Å². The third kappa shape index (κ3) is 5.09. The van der Waals surface area contributed by atoms with E-state index >= 15 is 0 Å². The SMILES string of the molecule is C=CCN(CC=C)c1nc(CCCCC)c(Cc2ccccc2)n1C. The van der Waals surface area contributed by atoms with Crippen LogP contribution in [0.4, 0.5) is 5.95 Å². The minimum Gasteiger partial charge on any atom is -0.335 e. The molecule has 1 aromatic carbocycles. The van der Waals surface area contributed by atoms with Gasteiger partial charge in [-0.05, 0) is 18.4 Å². The first kappa shape index (κ1) is 19.0. The lowest BCUT2D eigenvalue weighted by molar-refractivity contribution is 0.703. The Kier molecular flexibility index (Phi) is 7.52. The summed E-state index contributed by atoms with van der Waals surface area (Å²) in [4.78, 5) is 7.23. The number of hydrogen-bond acceptors (Lipinski definition) is 2. The van der Waals surface area contributed by atoms with Gasteiger partial charge in [-0.2, -0.15) is 0 Å². The molecule has 0 amide bonds. The van der Waals surface area contributed by atoms with E-state index in [1.165, 1.54) is 36.2 Å². The van der Waals surface area contributed by atoms with Crippen molar-refractivity contribution in [2.45, 2.75) is 39.0 Å². The molecule has 0 unspecified atom stereocenters. The van der Waals surface area contributed by atoms with Crippen LogP contribution in [0.2, 0.25) is 0 Å². The van der Waals surface area contributed by atoms with Gasteiger partial charge in [0.1, 0.15) is 0 Å². The third-order valence-electron chi connectivity index (χ3n) is 4.49. The van der Waals surface area contributed by atoms with E-state index in [9.17, 15) is 0 Å². The van der Waals surface area contributed by atoms with Gasteiger partial charge in [0.25, 0.3) is 0 Å². The van der Waals surface area contributed by atoms with Crippen LogP contribution in [0, 0.1) is 0 Å². The molecule has 0 saturated heterocycles. The Morgan fingerprint density at radius 3 is 2.36 bits per heavy atom. The van der Waals surface area contributed by atoms with E-state index < -0.39 is 0 Å². The van der Waals surface area contributed by atoms with Gasteiger partial charge in [0, 0.05) is 32.3 Å². The predicted molar refractivity (Wildman–Crippen MR) is 108 cm³/mol. The van der Waals surface area contributed by atoms with Crippen LogP contribution in [0.5, 0.6) is 0 Å². The summed E-state index contributed by atoms with van der Waals surface area (Å²) in [6.07, 6.45) is 9.48. The fourth-order valence-corrected chi connectivity index (χ4v) is 3.16. The van der Waals surface area contributed by atoms with Gasteiger partial charge in [-0.15, -0.1) is 13.2 Å². The number of aromatic nitrogens is 2. The molecule has 0 bridgehead atoms. The Balaban J connectivity index is 2.35. The van der Waals surface area contributed by atoms with Crippen LogP contribution in [0.3, 0.4) is 0 Å². The van der Waals surface area contributed by atoms with E-state index in [0.29, 0.717) is 0 Å². The van der Waals surface area contributed by atoms with Crippen molar-refractivity contribution in [3.05, 3.63) is 72.6 Å². The molecule has 3 heteroatoms. The largest absolute Gasteiger partial charge is 0.335 e. The molecule has 1 aromatic heterocycles. The Hall–Kier alpha value is -2.29. The zero-order chi connectivity index (χ0) is 18.1. The maximum absolute atomic E-state index is 5.01. The molecule has 0 aliphatic rings. The molecule has 0 aliphatic carbocycles. The lowest BCUT2D eigenvalue weighted by Gasteiger charge is -2.20. The topological polar surface area (TPSA) is 21.1 Å². The van der Waals surface area contributed by atoms with Crippen LogP contribution < -0.4 is 4.90 Å². The van der Waals surface area contributed by atoms with Gasteiger partial charge in [0.15, 0.2) is 0 Å². The number of imidazole rings is 1. The summed E-state index contributed by atoms with van der Waals surface area (Å²) in [5, 5.41) is 0. The second-order valence-corrected chi connectivity index (χ2v) is 6.47. The second kappa shape index (κ2) is 9.87. The van der Waals surface area contributed by atoms with Crippen molar-refractivity contribution < 1.29 is 0 Å². The van der Waals surface area contributed by atoms with Crippen molar-refractivity contribution in [1.82, 2.24) is 9.55 Å². The Labute approximate surface area is 152 Å². The minimum atomic E-state index is 0.774. The number of hydrogen-bond donors (Lipinski definition) is 0. The molecule has 25 heavy (non-hydrogen) atoms. The fraction of sp³-hybridized carbons (Fsp3) is 0.409. The molecule has 0 saturated carbocycles. The summed E-state index contributed by atoms with van der Waals surface area (Å²) in [6.45, 7) is 11.6. The second-order valence-electron chi connectivity index (χ2n) is 6.47. The lowest BCUT2D eigenvalue weighted by atomic mass is 10.1. The maximum Gasteiger partial charge on any atom is 0.206 e. The van der Waals surface area contributed by atoms with E-state index in [1.54, 1.807) is 0 Å². The first-order valence-corrected chi connectivity index (χ1v) is 9.26. The summed E-state index contributed by atoms with van der Waals surface area (Å²) < 4.78 is 2.25. The van der Waals surface area contributed by atoms with Gasteiger partial charge in [0.2, 0.25) is 5.95 Å². The standard InChI is InChI=1S/C22H31N3/c1-5-8-10-15-20-21(18-19-13-11-9-12-14-19)24(4)22(23-20)25(16-6-2)17-7-3/h6-7,9,11-14H,2-3,5,8,10,15-18H2,1,4H3. The fourth-order valence-electron chi connectivity index (χ4n) is 3.16. The highest BCUT2D eigenvalue weighted by Crippen LogP contribution is 2.23. The van der Waals surface area contributed by atoms with Crippen LogP contribution in [-0.4, -0.2) is 22.6 Å². The van der Waals surface area contributed by atoms with Crippen molar-refractivity contribution in [2.24, 2.45) is 7.05 Å². The summed E-state index contributed by atoms with van der Waals surface area (Å²) in [7, 11) is 2.13. The van der Waals surface area contributed by atoms with Crippen molar-refractivity contribution in [2.75, 3.05) is 18.0 Å². The number of nitrogens with zero attached hydrogens (tertiary/aromatic N) is 3. The minimum absolute atomic E-state index is 0.774. The summed E-state index contributed by atoms with van der Waals surface area (Å²) in [5.41, 5.74) is 3.87. The van der Waals surface area contributed by atoms with Crippen molar-refractivity contribution >= 4 is 5.95 Å². The monoisotopic (exact) mass is 337 g/mol. The first-order valence-electron chi connectivity index (χ1n) is 9.26. The van der Waals surface area contributed by atoms with E-state index in [-0.39, 0.29) is 0 Å². The molecule has 0 radical (unpaired) electrons. The molecule has 1 heterocycles. The lowest BCUT2D eigenvalue weighted by Crippen LogP contribution is -2.26. The van der Waals surface area contributed by atoms with Gasteiger partial charge in [-0.1, -0.05) is 62.2 Å². The molecule has 134 valence electrons. The number of benzene rings is 1. The Bertz CT molecular complexity index is 660. The summed E-state index contributed by atoms with van der Waals surface area (Å²) in [5.74, 6) is 1.01. The highest BCUT2D eigenvalue weighted by Gasteiger charge is 2.18. The normalized spacial score (nSPS) is 10.6. The number of rotatable bonds is 11.